The maximum Gasteiger partial charge on any atom is 0.251 e. The molecule has 7 heteroatoms. The van der Waals surface area contributed by atoms with Gasteiger partial charge in [-0.2, -0.15) is 0 Å². The standard InChI is InChI=1S/C22H24N4O3/c1-15-4-8-17(9-5-15)19-12-21(29-25-19)24-20(27)14-26(3)13-16-6-10-18(11-7-16)22(28)23-2/h4-12H,13-14H2,1-3H3,(H,23,28)(H,24,27). The van der Waals surface area contributed by atoms with Crippen LogP contribution in [0, 0.1) is 6.92 Å². The molecular weight excluding hydrogens is 368 g/mol. The molecule has 7 nitrogen and oxygen atoms in total. The summed E-state index contributed by atoms with van der Waals surface area (Å²) in [6, 6.07) is 16.9. The number of carbonyl (C=O) groups excluding carboxylic acids is 2. The van der Waals surface area contributed by atoms with Crippen molar-refractivity contribution in [2.45, 2.75) is 13.5 Å². The minimum Gasteiger partial charge on any atom is -0.355 e. The van der Waals surface area contributed by atoms with Gasteiger partial charge in [-0.05, 0) is 31.7 Å². The number of nitrogens with zero attached hydrogens (tertiary/aromatic N) is 2. The van der Waals surface area contributed by atoms with Crippen LogP contribution < -0.4 is 10.6 Å². The SMILES string of the molecule is CNC(=O)c1ccc(CN(C)CC(=O)Nc2cc(-c3ccc(C)cc3)no2)cc1. The molecular formula is C22H24N4O3. The van der Waals surface area contributed by atoms with Gasteiger partial charge in [0.05, 0.1) is 6.54 Å². The fraction of sp³-hybridized carbons (Fsp3) is 0.227. The van der Waals surface area contributed by atoms with E-state index in [0.717, 1.165) is 16.7 Å². The molecule has 2 amide bonds. The summed E-state index contributed by atoms with van der Waals surface area (Å²) in [7, 11) is 3.45. The van der Waals surface area contributed by atoms with Gasteiger partial charge in [0, 0.05) is 30.8 Å². The summed E-state index contributed by atoms with van der Waals surface area (Å²) in [6.45, 7) is 2.79. The number of benzene rings is 2. The normalized spacial score (nSPS) is 10.8. The molecule has 0 atom stereocenters. The van der Waals surface area contributed by atoms with Gasteiger partial charge in [-0.3, -0.25) is 19.8 Å². The van der Waals surface area contributed by atoms with Crippen molar-refractivity contribution in [2.24, 2.45) is 0 Å². The molecule has 150 valence electrons. The third kappa shape index (κ3) is 5.52. The van der Waals surface area contributed by atoms with E-state index in [1.54, 1.807) is 25.2 Å². The number of aryl methyl sites for hydroxylation is 1. The fourth-order valence-corrected chi connectivity index (χ4v) is 2.89. The van der Waals surface area contributed by atoms with Gasteiger partial charge < -0.3 is 9.84 Å². The molecule has 0 saturated carbocycles. The number of likely N-dealkylation sites (N-methyl/N-ethyl adjacent to an activating group) is 1. The lowest BCUT2D eigenvalue weighted by Gasteiger charge is -2.15. The summed E-state index contributed by atoms with van der Waals surface area (Å²) < 4.78 is 5.23. The van der Waals surface area contributed by atoms with Crippen LogP contribution in [-0.4, -0.2) is 42.5 Å². The predicted molar refractivity (Wildman–Crippen MR) is 111 cm³/mol. The zero-order valence-electron chi connectivity index (χ0n) is 16.7. The molecule has 1 heterocycles. The first-order valence-corrected chi connectivity index (χ1v) is 9.28. The Morgan fingerprint density at radius 2 is 1.76 bits per heavy atom. The Balaban J connectivity index is 1.52. The van der Waals surface area contributed by atoms with Crippen LogP contribution in [-0.2, 0) is 11.3 Å². The van der Waals surface area contributed by atoms with E-state index in [0.29, 0.717) is 23.7 Å². The molecule has 0 unspecified atom stereocenters. The number of nitrogens with one attached hydrogen (secondary N) is 2. The monoisotopic (exact) mass is 392 g/mol. The summed E-state index contributed by atoms with van der Waals surface area (Å²) in [4.78, 5) is 25.8. The summed E-state index contributed by atoms with van der Waals surface area (Å²) in [6.07, 6.45) is 0. The Morgan fingerprint density at radius 3 is 2.41 bits per heavy atom. The Kier molecular flexibility index (Phi) is 6.41. The molecule has 0 aliphatic heterocycles. The molecule has 1 aromatic heterocycles. The number of rotatable bonds is 7. The van der Waals surface area contributed by atoms with Gasteiger partial charge in [0.1, 0.15) is 5.69 Å². The van der Waals surface area contributed by atoms with Crippen LogP contribution in [0.3, 0.4) is 0 Å². The third-order valence-corrected chi connectivity index (χ3v) is 4.43. The molecule has 0 aliphatic rings. The van der Waals surface area contributed by atoms with Crippen LogP contribution in [0.5, 0.6) is 0 Å². The average molecular weight is 392 g/mol. The van der Waals surface area contributed by atoms with Crippen molar-refractivity contribution in [3.8, 4) is 11.3 Å². The second-order valence-corrected chi connectivity index (χ2v) is 6.94. The van der Waals surface area contributed by atoms with Crippen LogP contribution in [0.1, 0.15) is 21.5 Å². The van der Waals surface area contributed by atoms with Crippen LogP contribution >= 0.6 is 0 Å². The van der Waals surface area contributed by atoms with Crippen LogP contribution in [0.4, 0.5) is 5.88 Å². The number of amides is 2. The summed E-state index contributed by atoms with van der Waals surface area (Å²) >= 11 is 0. The van der Waals surface area contributed by atoms with Crippen molar-refractivity contribution >= 4 is 17.7 Å². The minimum atomic E-state index is -0.193. The van der Waals surface area contributed by atoms with Crippen molar-refractivity contribution in [3.05, 3.63) is 71.3 Å². The zero-order valence-corrected chi connectivity index (χ0v) is 16.7. The largest absolute Gasteiger partial charge is 0.355 e. The summed E-state index contributed by atoms with van der Waals surface area (Å²) in [5, 5.41) is 9.33. The highest BCUT2D eigenvalue weighted by molar-refractivity contribution is 5.94. The molecule has 0 aliphatic carbocycles. The van der Waals surface area contributed by atoms with E-state index in [1.165, 1.54) is 0 Å². The molecule has 0 bridgehead atoms. The molecule has 29 heavy (non-hydrogen) atoms. The first kappa shape index (κ1) is 20.3. The van der Waals surface area contributed by atoms with Gasteiger partial charge in [-0.15, -0.1) is 0 Å². The number of aromatic nitrogens is 1. The van der Waals surface area contributed by atoms with E-state index in [4.69, 9.17) is 4.52 Å². The van der Waals surface area contributed by atoms with Crippen molar-refractivity contribution in [3.63, 3.8) is 0 Å². The van der Waals surface area contributed by atoms with E-state index in [-0.39, 0.29) is 18.4 Å². The van der Waals surface area contributed by atoms with Gasteiger partial charge in [0.25, 0.3) is 5.91 Å². The smallest absolute Gasteiger partial charge is 0.251 e. The maximum absolute atomic E-state index is 12.3. The zero-order chi connectivity index (χ0) is 20.8. The topological polar surface area (TPSA) is 87.5 Å². The fourth-order valence-electron chi connectivity index (χ4n) is 2.89. The lowest BCUT2D eigenvalue weighted by molar-refractivity contribution is -0.117. The quantitative estimate of drug-likeness (QED) is 0.645. The van der Waals surface area contributed by atoms with Gasteiger partial charge >= 0.3 is 0 Å². The average Bonchev–Trinajstić information content (AvgIpc) is 3.16. The number of hydrogen-bond acceptors (Lipinski definition) is 5. The lowest BCUT2D eigenvalue weighted by atomic mass is 10.1. The van der Waals surface area contributed by atoms with E-state index in [9.17, 15) is 9.59 Å². The number of anilines is 1. The van der Waals surface area contributed by atoms with E-state index in [2.05, 4.69) is 15.8 Å². The van der Waals surface area contributed by atoms with Crippen LogP contribution in [0.2, 0.25) is 0 Å². The highest BCUT2D eigenvalue weighted by atomic mass is 16.5. The van der Waals surface area contributed by atoms with Gasteiger partial charge in [-0.1, -0.05) is 47.1 Å². The molecule has 3 aromatic rings. The molecule has 2 N–H and O–H groups in total. The van der Waals surface area contributed by atoms with Crippen molar-refractivity contribution < 1.29 is 14.1 Å². The third-order valence-electron chi connectivity index (χ3n) is 4.43. The highest BCUT2D eigenvalue weighted by Gasteiger charge is 2.12. The number of hydrogen-bond donors (Lipinski definition) is 2. The Morgan fingerprint density at radius 1 is 1.07 bits per heavy atom. The van der Waals surface area contributed by atoms with Crippen LogP contribution in [0.25, 0.3) is 11.3 Å². The number of carbonyl (C=O) groups is 2. The minimum absolute atomic E-state index is 0.124. The molecule has 0 radical (unpaired) electrons. The second kappa shape index (κ2) is 9.16. The molecule has 0 fully saturated rings. The van der Waals surface area contributed by atoms with Crippen molar-refractivity contribution in [2.75, 3.05) is 26.0 Å². The first-order chi connectivity index (χ1) is 13.9. The molecule has 0 saturated heterocycles. The van der Waals surface area contributed by atoms with E-state index < -0.39 is 0 Å². The van der Waals surface area contributed by atoms with E-state index in [1.807, 2.05) is 55.3 Å². The van der Waals surface area contributed by atoms with Crippen molar-refractivity contribution in [1.82, 2.24) is 15.4 Å². The Hall–Kier alpha value is -3.45. The highest BCUT2D eigenvalue weighted by Crippen LogP contribution is 2.22. The first-order valence-electron chi connectivity index (χ1n) is 9.28. The molecule has 2 aromatic carbocycles. The molecule has 3 rings (SSSR count). The predicted octanol–water partition coefficient (Wildman–Crippen LogP) is 3.08. The maximum atomic E-state index is 12.3. The second-order valence-electron chi connectivity index (χ2n) is 6.94. The summed E-state index contributed by atoms with van der Waals surface area (Å²) in [5.41, 5.74) is 4.37. The van der Waals surface area contributed by atoms with Crippen molar-refractivity contribution in [1.29, 1.82) is 0 Å². The lowest BCUT2D eigenvalue weighted by Crippen LogP contribution is -2.29. The van der Waals surface area contributed by atoms with E-state index >= 15 is 0 Å². The van der Waals surface area contributed by atoms with Gasteiger partial charge in [-0.25, -0.2) is 0 Å². The van der Waals surface area contributed by atoms with Gasteiger partial charge in [0.15, 0.2) is 0 Å². The van der Waals surface area contributed by atoms with Gasteiger partial charge in [0.2, 0.25) is 11.8 Å². The summed E-state index contributed by atoms with van der Waals surface area (Å²) in [5.74, 6) is -0.00339. The Bertz CT molecular complexity index is 978. The molecule has 0 spiro atoms. The van der Waals surface area contributed by atoms with Crippen LogP contribution in [0.15, 0.2) is 59.1 Å². The Labute approximate surface area is 169 Å².